The van der Waals surface area contributed by atoms with Crippen molar-refractivity contribution in [3.8, 4) is 0 Å². The minimum absolute atomic E-state index is 0.153. The molecule has 1 aliphatic rings. The van der Waals surface area contributed by atoms with Gasteiger partial charge in [0.2, 0.25) is 0 Å². The average Bonchev–Trinajstić information content (AvgIpc) is 2.43. The molecule has 0 atom stereocenters. The van der Waals surface area contributed by atoms with Gasteiger partial charge in [0.15, 0.2) is 0 Å². The molecule has 21 heavy (non-hydrogen) atoms. The highest BCUT2D eigenvalue weighted by Gasteiger charge is 2.40. The molecule has 1 aliphatic carbocycles. The fourth-order valence-corrected chi connectivity index (χ4v) is 3.23. The highest BCUT2D eigenvalue weighted by molar-refractivity contribution is 6.36. The third-order valence-electron chi connectivity index (χ3n) is 4.06. The summed E-state index contributed by atoms with van der Waals surface area (Å²) in [6, 6.07) is 15.0. The maximum Gasteiger partial charge on any atom is 0.253 e. The molecule has 4 heteroatoms. The second-order valence-electron chi connectivity index (χ2n) is 5.38. The second kappa shape index (κ2) is 5.70. The van der Waals surface area contributed by atoms with Gasteiger partial charge in [0.25, 0.3) is 5.91 Å². The van der Waals surface area contributed by atoms with E-state index in [0.717, 1.165) is 24.8 Å². The molecule has 0 spiro atoms. The van der Waals surface area contributed by atoms with Crippen molar-refractivity contribution in [2.75, 3.05) is 0 Å². The van der Waals surface area contributed by atoms with Crippen LogP contribution >= 0.6 is 23.2 Å². The number of hydrogen-bond donors (Lipinski definition) is 1. The zero-order valence-corrected chi connectivity index (χ0v) is 12.9. The number of carbonyl (C=O) groups excluding carboxylic acids is 1. The van der Waals surface area contributed by atoms with Gasteiger partial charge in [-0.1, -0.05) is 53.5 Å². The molecular weight excluding hydrogens is 305 g/mol. The molecule has 0 aliphatic heterocycles. The second-order valence-corrected chi connectivity index (χ2v) is 6.22. The molecule has 1 N–H and O–H groups in total. The summed E-state index contributed by atoms with van der Waals surface area (Å²) in [5, 5.41) is 4.06. The fourth-order valence-electron chi connectivity index (χ4n) is 2.73. The highest BCUT2D eigenvalue weighted by Crippen LogP contribution is 2.41. The first kappa shape index (κ1) is 14.4. The Labute approximate surface area is 134 Å². The van der Waals surface area contributed by atoms with Gasteiger partial charge in [-0.2, -0.15) is 0 Å². The molecule has 0 bridgehead atoms. The third kappa shape index (κ3) is 2.78. The summed E-state index contributed by atoms with van der Waals surface area (Å²) in [6.07, 6.45) is 3.02. The molecule has 2 aromatic carbocycles. The van der Waals surface area contributed by atoms with E-state index in [2.05, 4.69) is 17.4 Å². The molecule has 1 amide bonds. The predicted molar refractivity (Wildman–Crippen MR) is 85.9 cm³/mol. The van der Waals surface area contributed by atoms with Crippen molar-refractivity contribution in [1.82, 2.24) is 5.32 Å². The molecule has 0 aromatic heterocycles. The van der Waals surface area contributed by atoms with Gasteiger partial charge >= 0.3 is 0 Å². The van der Waals surface area contributed by atoms with Crippen LogP contribution in [0.4, 0.5) is 0 Å². The molecule has 2 nitrogen and oxygen atoms in total. The number of benzene rings is 2. The molecular formula is C17H15Cl2NO. The van der Waals surface area contributed by atoms with Crippen LogP contribution in [0.2, 0.25) is 10.0 Å². The molecule has 108 valence electrons. The van der Waals surface area contributed by atoms with Crippen molar-refractivity contribution in [3.05, 3.63) is 69.7 Å². The van der Waals surface area contributed by atoms with Crippen LogP contribution in [0.25, 0.3) is 0 Å². The zero-order valence-electron chi connectivity index (χ0n) is 11.4. The Morgan fingerprint density at radius 3 is 2.33 bits per heavy atom. The lowest BCUT2D eigenvalue weighted by Gasteiger charge is -2.43. The smallest absolute Gasteiger partial charge is 0.253 e. The standard InChI is InChI=1S/C17H15Cl2NO/c18-13-7-8-14(15(19)11-13)16(21)20-17(9-4-10-17)12-5-2-1-3-6-12/h1-3,5-8,11H,4,9-10H2,(H,20,21). The summed E-state index contributed by atoms with van der Waals surface area (Å²) in [7, 11) is 0. The summed E-state index contributed by atoms with van der Waals surface area (Å²) in [5.74, 6) is -0.153. The molecule has 0 heterocycles. The maximum absolute atomic E-state index is 12.5. The summed E-state index contributed by atoms with van der Waals surface area (Å²) < 4.78 is 0. The molecule has 0 radical (unpaired) electrons. The number of hydrogen-bond acceptors (Lipinski definition) is 1. The summed E-state index contributed by atoms with van der Waals surface area (Å²) in [4.78, 5) is 12.5. The van der Waals surface area contributed by atoms with Crippen molar-refractivity contribution in [1.29, 1.82) is 0 Å². The Bertz CT molecular complexity index is 666. The van der Waals surface area contributed by atoms with E-state index in [1.165, 1.54) is 0 Å². The third-order valence-corrected chi connectivity index (χ3v) is 4.61. The SMILES string of the molecule is O=C(NC1(c2ccccc2)CCC1)c1ccc(Cl)cc1Cl. The van der Waals surface area contributed by atoms with E-state index >= 15 is 0 Å². The Hall–Kier alpha value is -1.51. The number of carbonyl (C=O) groups is 1. The number of halogens is 2. The molecule has 1 fully saturated rings. The summed E-state index contributed by atoms with van der Waals surface area (Å²) in [6.45, 7) is 0. The minimum atomic E-state index is -0.263. The van der Waals surface area contributed by atoms with E-state index in [1.807, 2.05) is 18.2 Å². The monoisotopic (exact) mass is 319 g/mol. The Morgan fingerprint density at radius 2 is 1.76 bits per heavy atom. The Morgan fingerprint density at radius 1 is 1.05 bits per heavy atom. The predicted octanol–water partition coefficient (Wildman–Crippen LogP) is 4.80. The van der Waals surface area contributed by atoms with Crippen LogP contribution in [0, 0.1) is 0 Å². The van der Waals surface area contributed by atoms with Crippen molar-refractivity contribution < 1.29 is 4.79 Å². The van der Waals surface area contributed by atoms with Crippen molar-refractivity contribution in [2.45, 2.75) is 24.8 Å². The number of nitrogens with one attached hydrogen (secondary N) is 1. The van der Waals surface area contributed by atoms with Crippen LogP contribution < -0.4 is 5.32 Å². The minimum Gasteiger partial charge on any atom is -0.342 e. The molecule has 0 saturated heterocycles. The topological polar surface area (TPSA) is 29.1 Å². The summed E-state index contributed by atoms with van der Waals surface area (Å²) >= 11 is 12.0. The lowest BCUT2D eigenvalue weighted by molar-refractivity contribution is 0.0823. The summed E-state index contributed by atoms with van der Waals surface area (Å²) in [5.41, 5.74) is 1.35. The van der Waals surface area contributed by atoms with Crippen LogP contribution in [0.15, 0.2) is 48.5 Å². The van der Waals surface area contributed by atoms with E-state index in [9.17, 15) is 4.79 Å². The highest BCUT2D eigenvalue weighted by atomic mass is 35.5. The first-order valence-electron chi connectivity index (χ1n) is 6.94. The fraction of sp³-hybridized carbons (Fsp3) is 0.235. The van der Waals surface area contributed by atoms with E-state index in [4.69, 9.17) is 23.2 Å². The van der Waals surface area contributed by atoms with E-state index in [0.29, 0.717) is 15.6 Å². The normalized spacial score (nSPS) is 16.1. The lowest BCUT2D eigenvalue weighted by atomic mass is 9.71. The van der Waals surface area contributed by atoms with Gasteiger partial charge in [-0.15, -0.1) is 0 Å². The lowest BCUT2D eigenvalue weighted by Crippen LogP contribution is -2.50. The van der Waals surface area contributed by atoms with E-state index in [1.54, 1.807) is 18.2 Å². The average molecular weight is 320 g/mol. The Kier molecular flexibility index (Phi) is 3.92. The van der Waals surface area contributed by atoms with Crippen LogP contribution in [0.5, 0.6) is 0 Å². The first-order valence-corrected chi connectivity index (χ1v) is 7.69. The van der Waals surface area contributed by atoms with Gasteiger partial charge in [0.1, 0.15) is 0 Å². The quantitative estimate of drug-likeness (QED) is 0.864. The molecule has 0 unspecified atom stereocenters. The van der Waals surface area contributed by atoms with Gasteiger partial charge in [-0.3, -0.25) is 4.79 Å². The van der Waals surface area contributed by atoms with Crippen LogP contribution in [0.1, 0.15) is 35.2 Å². The number of amides is 1. The van der Waals surface area contributed by atoms with Crippen LogP contribution in [-0.4, -0.2) is 5.91 Å². The van der Waals surface area contributed by atoms with Gasteiger partial charge in [-0.25, -0.2) is 0 Å². The van der Waals surface area contributed by atoms with Crippen LogP contribution in [0.3, 0.4) is 0 Å². The molecule has 1 saturated carbocycles. The van der Waals surface area contributed by atoms with E-state index in [-0.39, 0.29) is 11.4 Å². The van der Waals surface area contributed by atoms with Gasteiger partial charge in [-0.05, 0) is 43.0 Å². The zero-order chi connectivity index (χ0) is 14.9. The molecule has 3 rings (SSSR count). The van der Waals surface area contributed by atoms with E-state index < -0.39 is 0 Å². The maximum atomic E-state index is 12.5. The van der Waals surface area contributed by atoms with Gasteiger partial charge in [0.05, 0.1) is 16.1 Å². The van der Waals surface area contributed by atoms with Gasteiger partial charge in [0, 0.05) is 5.02 Å². The van der Waals surface area contributed by atoms with Crippen LogP contribution in [-0.2, 0) is 5.54 Å². The van der Waals surface area contributed by atoms with Gasteiger partial charge < -0.3 is 5.32 Å². The number of rotatable bonds is 3. The van der Waals surface area contributed by atoms with Crippen molar-refractivity contribution >= 4 is 29.1 Å². The van der Waals surface area contributed by atoms with Crippen molar-refractivity contribution in [3.63, 3.8) is 0 Å². The largest absolute Gasteiger partial charge is 0.342 e. The Balaban J connectivity index is 1.86. The first-order chi connectivity index (χ1) is 10.1. The van der Waals surface area contributed by atoms with Crippen molar-refractivity contribution in [2.24, 2.45) is 0 Å². The molecule has 2 aromatic rings.